The van der Waals surface area contributed by atoms with Crippen LogP contribution in [0.5, 0.6) is 0 Å². The molecule has 1 aliphatic heterocycles. The van der Waals surface area contributed by atoms with Crippen molar-refractivity contribution in [1.82, 2.24) is 19.8 Å². The van der Waals surface area contributed by atoms with Crippen molar-refractivity contribution in [3.63, 3.8) is 0 Å². The Morgan fingerprint density at radius 3 is 2.48 bits per heavy atom. The number of nitrogens with zero attached hydrogens (tertiary/aromatic N) is 3. The fraction of sp³-hybridized carbons (Fsp3) is 0.364. The van der Waals surface area contributed by atoms with E-state index in [-0.39, 0.29) is 11.6 Å². The number of para-hydroxylation sites is 1. The molecule has 5 heteroatoms. The maximum Gasteiger partial charge on any atom is 0.258 e. The van der Waals surface area contributed by atoms with Gasteiger partial charge in [0.2, 0.25) is 0 Å². The standard InChI is InChI=1S/C22H26N4O/c1-17(21-23-20-10-6-5-9-19(20)22(27)24-21)26-15-13-25(14-16-26)12-11-18-7-3-2-4-8-18/h2-10,17H,11-16H2,1H3,(H,23,24,27). The molecule has 0 saturated carbocycles. The van der Waals surface area contributed by atoms with Crippen LogP contribution in [0.15, 0.2) is 59.4 Å². The zero-order chi connectivity index (χ0) is 18.6. The largest absolute Gasteiger partial charge is 0.309 e. The summed E-state index contributed by atoms with van der Waals surface area (Å²) in [6.45, 7) is 7.31. The molecule has 1 atom stereocenters. The highest BCUT2D eigenvalue weighted by atomic mass is 16.1. The molecule has 140 valence electrons. The van der Waals surface area contributed by atoms with E-state index in [1.165, 1.54) is 5.56 Å². The molecule has 3 aromatic rings. The van der Waals surface area contributed by atoms with Gasteiger partial charge in [-0.3, -0.25) is 9.69 Å². The average molecular weight is 362 g/mol. The molecule has 0 aliphatic carbocycles. The summed E-state index contributed by atoms with van der Waals surface area (Å²) < 4.78 is 0. The van der Waals surface area contributed by atoms with Gasteiger partial charge in [-0.2, -0.15) is 0 Å². The van der Waals surface area contributed by atoms with E-state index >= 15 is 0 Å². The van der Waals surface area contributed by atoms with Crippen LogP contribution in [-0.2, 0) is 6.42 Å². The van der Waals surface area contributed by atoms with Crippen LogP contribution in [0.3, 0.4) is 0 Å². The first-order valence-electron chi connectivity index (χ1n) is 9.70. The topological polar surface area (TPSA) is 52.2 Å². The highest BCUT2D eigenvalue weighted by molar-refractivity contribution is 5.77. The Balaban J connectivity index is 1.37. The highest BCUT2D eigenvalue weighted by Crippen LogP contribution is 2.19. The Morgan fingerprint density at radius 1 is 1.00 bits per heavy atom. The summed E-state index contributed by atoms with van der Waals surface area (Å²) in [5, 5.41) is 0.652. The fourth-order valence-corrected chi connectivity index (χ4v) is 3.78. The molecule has 1 aliphatic rings. The zero-order valence-corrected chi connectivity index (χ0v) is 15.8. The lowest BCUT2D eigenvalue weighted by molar-refractivity contribution is 0.0999. The second-order valence-electron chi connectivity index (χ2n) is 7.26. The molecule has 1 N–H and O–H groups in total. The summed E-state index contributed by atoms with van der Waals surface area (Å²) in [6, 6.07) is 18.3. The van der Waals surface area contributed by atoms with Gasteiger partial charge in [-0.15, -0.1) is 0 Å². The summed E-state index contributed by atoms with van der Waals surface area (Å²) in [5.74, 6) is 0.761. The monoisotopic (exact) mass is 362 g/mol. The van der Waals surface area contributed by atoms with Crippen LogP contribution in [0.4, 0.5) is 0 Å². The Bertz CT molecular complexity index is 945. The van der Waals surface area contributed by atoms with Gasteiger partial charge < -0.3 is 9.88 Å². The smallest absolute Gasteiger partial charge is 0.258 e. The lowest BCUT2D eigenvalue weighted by atomic mass is 10.1. The Kier molecular flexibility index (Phi) is 5.32. The third-order valence-electron chi connectivity index (χ3n) is 5.54. The van der Waals surface area contributed by atoms with Crippen LogP contribution >= 0.6 is 0 Å². The van der Waals surface area contributed by atoms with E-state index in [9.17, 15) is 4.79 Å². The number of piperazine rings is 1. The maximum atomic E-state index is 12.3. The number of hydrogen-bond acceptors (Lipinski definition) is 4. The molecule has 4 rings (SSSR count). The van der Waals surface area contributed by atoms with Gasteiger partial charge in [0.15, 0.2) is 0 Å². The van der Waals surface area contributed by atoms with Gasteiger partial charge in [0, 0.05) is 32.7 Å². The lowest BCUT2D eigenvalue weighted by Gasteiger charge is -2.37. The van der Waals surface area contributed by atoms with Gasteiger partial charge in [-0.1, -0.05) is 42.5 Å². The summed E-state index contributed by atoms with van der Waals surface area (Å²) in [5.41, 5.74) is 2.11. The molecule has 0 bridgehead atoms. The van der Waals surface area contributed by atoms with Crippen molar-refractivity contribution >= 4 is 10.9 Å². The lowest BCUT2D eigenvalue weighted by Crippen LogP contribution is -2.48. The second kappa shape index (κ2) is 8.03. The zero-order valence-electron chi connectivity index (χ0n) is 15.8. The van der Waals surface area contributed by atoms with Crippen LogP contribution in [0, 0.1) is 0 Å². The summed E-state index contributed by atoms with van der Waals surface area (Å²) >= 11 is 0. The number of H-pyrrole nitrogens is 1. The van der Waals surface area contributed by atoms with E-state index < -0.39 is 0 Å². The Morgan fingerprint density at radius 2 is 1.70 bits per heavy atom. The van der Waals surface area contributed by atoms with Gasteiger partial charge in [0.1, 0.15) is 5.82 Å². The van der Waals surface area contributed by atoms with Gasteiger partial charge in [0.05, 0.1) is 16.9 Å². The van der Waals surface area contributed by atoms with Crippen LogP contribution in [0.2, 0.25) is 0 Å². The number of benzene rings is 2. The Labute approximate surface area is 159 Å². The van der Waals surface area contributed by atoms with E-state index in [4.69, 9.17) is 4.98 Å². The molecule has 2 aromatic carbocycles. The SMILES string of the molecule is CC(c1nc2ccccc2c(=O)[nH]1)N1CCN(CCc2ccccc2)CC1. The molecule has 0 spiro atoms. The van der Waals surface area contributed by atoms with Crippen LogP contribution in [0.25, 0.3) is 10.9 Å². The van der Waals surface area contributed by atoms with Crippen molar-refractivity contribution in [2.75, 3.05) is 32.7 Å². The van der Waals surface area contributed by atoms with Gasteiger partial charge >= 0.3 is 0 Å². The number of fused-ring (bicyclic) bond motifs is 1. The first-order valence-corrected chi connectivity index (χ1v) is 9.70. The first kappa shape index (κ1) is 17.9. The predicted molar refractivity (Wildman–Crippen MR) is 109 cm³/mol. The van der Waals surface area contributed by atoms with Crippen molar-refractivity contribution in [2.24, 2.45) is 0 Å². The number of aromatic nitrogens is 2. The highest BCUT2D eigenvalue weighted by Gasteiger charge is 2.23. The molecule has 0 amide bonds. The molecule has 1 saturated heterocycles. The molecule has 1 fully saturated rings. The van der Waals surface area contributed by atoms with Crippen LogP contribution in [-0.4, -0.2) is 52.5 Å². The summed E-state index contributed by atoms with van der Waals surface area (Å²) in [4.78, 5) is 24.9. The quantitative estimate of drug-likeness (QED) is 0.758. The van der Waals surface area contributed by atoms with Crippen molar-refractivity contribution in [1.29, 1.82) is 0 Å². The summed E-state index contributed by atoms with van der Waals surface area (Å²) in [7, 11) is 0. The normalized spacial score (nSPS) is 17.2. The molecule has 27 heavy (non-hydrogen) atoms. The minimum atomic E-state index is -0.0519. The van der Waals surface area contributed by atoms with E-state index in [1.807, 2.05) is 24.3 Å². The predicted octanol–water partition coefficient (Wildman–Crippen LogP) is 2.84. The van der Waals surface area contributed by atoms with Crippen molar-refractivity contribution in [2.45, 2.75) is 19.4 Å². The number of rotatable bonds is 5. The molecule has 1 unspecified atom stereocenters. The minimum Gasteiger partial charge on any atom is -0.309 e. The van der Waals surface area contributed by atoms with Crippen LogP contribution in [0.1, 0.15) is 24.4 Å². The molecule has 0 radical (unpaired) electrons. The summed E-state index contributed by atoms with van der Waals surface area (Å²) in [6.07, 6.45) is 1.09. The number of nitrogens with one attached hydrogen (secondary N) is 1. The molecule has 5 nitrogen and oxygen atoms in total. The maximum absolute atomic E-state index is 12.3. The van der Waals surface area contributed by atoms with Gasteiger partial charge in [0.25, 0.3) is 5.56 Å². The van der Waals surface area contributed by atoms with E-state index in [0.29, 0.717) is 5.39 Å². The van der Waals surface area contributed by atoms with E-state index in [1.54, 1.807) is 0 Å². The third-order valence-corrected chi connectivity index (χ3v) is 5.54. The molecule has 1 aromatic heterocycles. The van der Waals surface area contributed by atoms with E-state index in [2.05, 4.69) is 52.0 Å². The van der Waals surface area contributed by atoms with Gasteiger partial charge in [-0.25, -0.2) is 4.98 Å². The van der Waals surface area contributed by atoms with Gasteiger partial charge in [-0.05, 0) is 31.0 Å². The Hall–Kier alpha value is -2.50. The van der Waals surface area contributed by atoms with Crippen LogP contribution < -0.4 is 5.56 Å². The fourth-order valence-electron chi connectivity index (χ4n) is 3.78. The first-order chi connectivity index (χ1) is 13.2. The average Bonchev–Trinajstić information content (AvgIpc) is 2.73. The minimum absolute atomic E-state index is 0.0519. The third kappa shape index (κ3) is 4.10. The van der Waals surface area contributed by atoms with Crippen molar-refractivity contribution < 1.29 is 0 Å². The van der Waals surface area contributed by atoms with Crippen molar-refractivity contribution in [3.05, 3.63) is 76.3 Å². The molecule has 2 heterocycles. The number of aromatic amines is 1. The molecular weight excluding hydrogens is 336 g/mol. The van der Waals surface area contributed by atoms with Crippen molar-refractivity contribution in [3.8, 4) is 0 Å². The van der Waals surface area contributed by atoms with E-state index in [0.717, 1.165) is 50.5 Å². The number of hydrogen-bond donors (Lipinski definition) is 1. The second-order valence-corrected chi connectivity index (χ2v) is 7.26. The molecular formula is C22H26N4O.